The molecule has 2 aromatic rings. The standard InChI is InChI=1S/C26H17NO10/c1-37-12-6-11(29)14-15(19(12)30)21(32)17-16(20(14)31)23(34)26(24(17)35)3-2-8-4-9-5-10(7-28)27-25(36)13(9)22(33)18(8)26/h4-7,15,21,31-33H,2-3H2,1H3,(H,27,36). The summed E-state index contributed by atoms with van der Waals surface area (Å²) in [6, 6.07) is 2.84. The first-order valence-electron chi connectivity index (χ1n) is 11.3. The molecule has 3 unspecified atom stereocenters. The van der Waals surface area contributed by atoms with Gasteiger partial charge in [0.2, 0.25) is 5.78 Å². The van der Waals surface area contributed by atoms with E-state index in [4.69, 9.17) is 4.74 Å². The Morgan fingerprint density at radius 3 is 2.49 bits per heavy atom. The molecule has 11 heteroatoms. The highest BCUT2D eigenvalue weighted by molar-refractivity contribution is 6.36. The number of rotatable bonds is 2. The van der Waals surface area contributed by atoms with E-state index >= 15 is 0 Å². The van der Waals surface area contributed by atoms with E-state index in [0.717, 1.165) is 13.2 Å². The number of fused-ring (bicyclic) bond motifs is 4. The van der Waals surface area contributed by atoms with Gasteiger partial charge < -0.3 is 25.0 Å². The van der Waals surface area contributed by atoms with Crippen LogP contribution in [0.5, 0.6) is 5.75 Å². The van der Waals surface area contributed by atoms with Crippen molar-refractivity contribution in [3.63, 3.8) is 0 Å². The summed E-state index contributed by atoms with van der Waals surface area (Å²) in [4.78, 5) is 79.6. The van der Waals surface area contributed by atoms with Gasteiger partial charge in [-0.25, -0.2) is 0 Å². The summed E-state index contributed by atoms with van der Waals surface area (Å²) < 4.78 is 4.91. The van der Waals surface area contributed by atoms with Crippen LogP contribution in [0.4, 0.5) is 0 Å². The van der Waals surface area contributed by atoms with E-state index in [1.54, 1.807) is 0 Å². The monoisotopic (exact) mass is 503 g/mol. The predicted octanol–water partition coefficient (Wildman–Crippen LogP) is 0.163. The number of hydrogen-bond acceptors (Lipinski definition) is 10. The summed E-state index contributed by atoms with van der Waals surface area (Å²) >= 11 is 0. The molecular formula is C26H17NO10. The number of methoxy groups -OCH3 is 1. The van der Waals surface area contributed by atoms with Crippen molar-refractivity contribution < 1.29 is 44.0 Å². The minimum atomic E-state index is -2.08. The van der Waals surface area contributed by atoms with Gasteiger partial charge in [-0.1, -0.05) is 6.07 Å². The van der Waals surface area contributed by atoms with E-state index in [9.17, 15) is 44.1 Å². The Kier molecular flexibility index (Phi) is 4.44. The number of aromatic hydroxyl groups is 1. The number of benzene rings is 1. The second-order valence-corrected chi connectivity index (χ2v) is 9.37. The number of H-pyrrole nitrogens is 1. The smallest absolute Gasteiger partial charge is 0.260 e. The number of aliphatic hydroxyl groups excluding tert-OH is 2. The minimum absolute atomic E-state index is 0.0321. The second kappa shape index (κ2) is 7.20. The number of allylic oxidation sites excluding steroid dienone is 3. The van der Waals surface area contributed by atoms with Crippen LogP contribution in [-0.4, -0.2) is 62.9 Å². The molecule has 0 saturated carbocycles. The molecule has 0 amide bonds. The Morgan fingerprint density at radius 2 is 1.81 bits per heavy atom. The van der Waals surface area contributed by atoms with Crippen LogP contribution in [0, 0.1) is 5.92 Å². The molecule has 1 aromatic carbocycles. The predicted molar refractivity (Wildman–Crippen MR) is 123 cm³/mol. The van der Waals surface area contributed by atoms with Gasteiger partial charge in [0.25, 0.3) is 5.56 Å². The first kappa shape index (κ1) is 22.8. The molecule has 6 rings (SSSR count). The minimum Gasteiger partial charge on any atom is -0.507 e. The molecule has 0 aliphatic heterocycles. The van der Waals surface area contributed by atoms with Crippen molar-refractivity contribution in [1.82, 2.24) is 4.98 Å². The number of pyridine rings is 1. The summed E-state index contributed by atoms with van der Waals surface area (Å²) in [5, 5.41) is 33.3. The lowest BCUT2D eigenvalue weighted by atomic mass is 9.73. The fraction of sp³-hybridized carbons (Fsp3) is 0.231. The topological polar surface area (TPSA) is 188 Å². The first-order valence-corrected chi connectivity index (χ1v) is 11.3. The van der Waals surface area contributed by atoms with Crippen LogP contribution >= 0.6 is 0 Å². The Labute approximate surface area is 206 Å². The number of aromatic nitrogens is 1. The summed E-state index contributed by atoms with van der Waals surface area (Å²) in [6.45, 7) is 0. The lowest BCUT2D eigenvalue weighted by molar-refractivity contribution is -0.129. The third-order valence-electron chi connectivity index (χ3n) is 7.74. The number of hydrogen-bond donors (Lipinski definition) is 4. The van der Waals surface area contributed by atoms with Gasteiger partial charge in [-0.15, -0.1) is 0 Å². The number of Topliss-reactive ketones (excluding diaryl/α,β-unsaturated/α-hetero) is 3. The fourth-order valence-electron chi connectivity index (χ4n) is 6.16. The third kappa shape index (κ3) is 2.53. The molecule has 3 atom stereocenters. The first-order chi connectivity index (χ1) is 17.6. The van der Waals surface area contributed by atoms with Gasteiger partial charge in [0.1, 0.15) is 16.9 Å². The van der Waals surface area contributed by atoms with Crippen molar-refractivity contribution in [1.29, 1.82) is 0 Å². The van der Waals surface area contributed by atoms with Gasteiger partial charge >= 0.3 is 0 Å². The Balaban J connectivity index is 1.58. The van der Waals surface area contributed by atoms with Crippen molar-refractivity contribution in [2.45, 2.75) is 24.4 Å². The van der Waals surface area contributed by atoms with Crippen LogP contribution in [0.15, 0.2) is 51.2 Å². The Hall–Kier alpha value is -4.64. The lowest BCUT2D eigenvalue weighted by Crippen LogP contribution is -2.43. The van der Waals surface area contributed by atoms with Crippen molar-refractivity contribution in [2.24, 2.45) is 5.92 Å². The molecule has 0 fully saturated rings. The van der Waals surface area contributed by atoms with E-state index in [1.165, 1.54) is 12.1 Å². The van der Waals surface area contributed by atoms with E-state index in [-0.39, 0.29) is 40.6 Å². The number of aromatic amines is 1. The van der Waals surface area contributed by atoms with Gasteiger partial charge in [0.05, 0.1) is 41.4 Å². The number of nitrogens with one attached hydrogen (secondary N) is 1. The number of ketones is 4. The highest BCUT2D eigenvalue weighted by Gasteiger charge is 2.64. The molecule has 186 valence electrons. The average Bonchev–Trinajstić information content (AvgIpc) is 3.35. The Morgan fingerprint density at radius 1 is 1.08 bits per heavy atom. The number of carbonyl (C=O) groups is 5. The van der Waals surface area contributed by atoms with Crippen molar-refractivity contribution in [2.75, 3.05) is 7.11 Å². The van der Waals surface area contributed by atoms with Gasteiger partial charge in [0, 0.05) is 17.2 Å². The fourth-order valence-corrected chi connectivity index (χ4v) is 6.16. The summed E-state index contributed by atoms with van der Waals surface area (Å²) in [5.74, 6) is -7.14. The van der Waals surface area contributed by atoms with Gasteiger partial charge in [-0.3, -0.25) is 28.8 Å². The average molecular weight is 503 g/mol. The molecule has 11 nitrogen and oxygen atoms in total. The van der Waals surface area contributed by atoms with E-state index < -0.39 is 74.4 Å². The zero-order valence-electron chi connectivity index (χ0n) is 19.1. The number of aryl methyl sites for hydroxylation is 1. The third-order valence-corrected chi connectivity index (χ3v) is 7.74. The van der Waals surface area contributed by atoms with E-state index in [1.807, 2.05) is 0 Å². The molecule has 4 aliphatic carbocycles. The molecule has 1 aromatic heterocycles. The van der Waals surface area contributed by atoms with E-state index in [2.05, 4.69) is 4.98 Å². The molecule has 4 N–H and O–H groups in total. The lowest BCUT2D eigenvalue weighted by Gasteiger charge is -2.31. The number of phenolic OH excluding ortho intramolecular Hbond substituents is 1. The van der Waals surface area contributed by atoms with Crippen LogP contribution < -0.4 is 5.56 Å². The summed E-state index contributed by atoms with van der Waals surface area (Å²) in [6.07, 6.45) is -0.707. The summed E-state index contributed by atoms with van der Waals surface area (Å²) in [5.41, 5.74) is -4.35. The number of carbonyl (C=O) groups excluding carboxylic acids is 5. The van der Waals surface area contributed by atoms with Gasteiger partial charge in [-0.05, 0) is 29.9 Å². The molecule has 0 bridgehead atoms. The molecule has 1 heterocycles. The molecular weight excluding hydrogens is 486 g/mol. The number of phenols is 1. The quantitative estimate of drug-likeness (QED) is 0.325. The van der Waals surface area contributed by atoms with Gasteiger partial charge in [0.15, 0.2) is 29.4 Å². The van der Waals surface area contributed by atoms with Crippen LogP contribution in [0.25, 0.3) is 10.8 Å². The maximum Gasteiger partial charge on any atom is 0.260 e. The molecule has 1 spiro atoms. The molecule has 4 aliphatic rings. The maximum absolute atomic E-state index is 13.9. The van der Waals surface area contributed by atoms with Crippen LogP contribution in [-0.2, 0) is 35.8 Å². The Bertz CT molecular complexity index is 1720. The van der Waals surface area contributed by atoms with E-state index in [0.29, 0.717) is 11.8 Å². The largest absolute Gasteiger partial charge is 0.507 e. The molecule has 0 radical (unpaired) electrons. The summed E-state index contributed by atoms with van der Waals surface area (Å²) in [7, 11) is 1.15. The molecule has 37 heavy (non-hydrogen) atoms. The maximum atomic E-state index is 13.9. The number of aliphatic hydroxyl groups is 2. The van der Waals surface area contributed by atoms with Crippen molar-refractivity contribution in [3.05, 3.63) is 73.6 Å². The highest BCUT2D eigenvalue weighted by Crippen LogP contribution is 2.56. The number of ether oxygens (including phenoxy) is 1. The van der Waals surface area contributed by atoms with Gasteiger partial charge in [-0.2, -0.15) is 0 Å². The number of aldehydes is 1. The highest BCUT2D eigenvalue weighted by atomic mass is 16.5. The van der Waals surface area contributed by atoms with Crippen LogP contribution in [0.3, 0.4) is 0 Å². The van der Waals surface area contributed by atoms with Crippen molar-refractivity contribution >= 4 is 40.2 Å². The SMILES string of the molecule is COC1=CC(=O)C2=C(O)C3=C(C(=O)C4(CCc5cc6cc(C=O)[nH]c(=O)c6c(O)c54)C3=O)C(O)C2C1=O. The van der Waals surface area contributed by atoms with Crippen LogP contribution in [0.2, 0.25) is 0 Å². The molecule has 0 saturated heterocycles. The van der Waals surface area contributed by atoms with Crippen molar-refractivity contribution in [3.8, 4) is 5.75 Å². The second-order valence-electron chi connectivity index (χ2n) is 9.37. The zero-order valence-corrected chi connectivity index (χ0v) is 19.1. The zero-order chi connectivity index (χ0) is 26.5. The van der Waals surface area contributed by atoms with Crippen LogP contribution in [0.1, 0.15) is 28.0 Å². The normalized spacial score (nSPS) is 26.6.